The first-order valence-electron chi connectivity index (χ1n) is 12.6. The fourth-order valence-electron chi connectivity index (χ4n) is 6.16. The molecule has 6 rings (SSSR count). The molecule has 3 heterocycles. The minimum absolute atomic E-state index is 0.133. The van der Waals surface area contributed by atoms with Crippen molar-refractivity contribution in [3.05, 3.63) is 102 Å². The zero-order valence-corrected chi connectivity index (χ0v) is 20.4. The van der Waals surface area contributed by atoms with Crippen LogP contribution in [0.25, 0.3) is 0 Å². The van der Waals surface area contributed by atoms with E-state index in [1.807, 2.05) is 73.7 Å². The minimum atomic E-state index is -0.991. The van der Waals surface area contributed by atoms with Gasteiger partial charge in [0.05, 0.1) is 25.8 Å². The molecule has 2 saturated heterocycles. The summed E-state index contributed by atoms with van der Waals surface area (Å²) in [6.45, 7) is 3.89. The lowest BCUT2D eigenvalue weighted by Crippen LogP contribution is -2.53. The average molecular weight is 483 g/mol. The average Bonchev–Trinajstić information content (AvgIpc) is 3.52. The Kier molecular flexibility index (Phi) is 5.66. The Morgan fingerprint density at radius 3 is 2.06 bits per heavy atom. The number of likely N-dealkylation sites (tertiary alicyclic amines) is 1. The Morgan fingerprint density at radius 2 is 1.39 bits per heavy atom. The van der Waals surface area contributed by atoms with Crippen LogP contribution >= 0.6 is 0 Å². The molecule has 0 aromatic heterocycles. The third-order valence-electron chi connectivity index (χ3n) is 7.84. The molecule has 3 aliphatic heterocycles. The van der Waals surface area contributed by atoms with Crippen molar-refractivity contribution in [3.63, 3.8) is 0 Å². The van der Waals surface area contributed by atoms with Crippen LogP contribution in [-0.2, 0) is 37.6 Å². The molecule has 0 saturated carbocycles. The fourth-order valence-corrected chi connectivity index (χ4v) is 6.16. The van der Waals surface area contributed by atoms with E-state index in [0.717, 1.165) is 22.4 Å². The lowest BCUT2D eigenvalue weighted by atomic mass is 9.73. The van der Waals surface area contributed by atoms with Crippen molar-refractivity contribution in [1.29, 1.82) is 0 Å². The third kappa shape index (κ3) is 3.72. The molecule has 0 bridgehead atoms. The number of rotatable bonds is 6. The summed E-state index contributed by atoms with van der Waals surface area (Å²) in [5, 5.41) is 0. The molecule has 2 fully saturated rings. The highest BCUT2D eigenvalue weighted by atomic mass is 16.7. The highest BCUT2D eigenvalue weighted by molar-refractivity contribution is 6.11. The van der Waals surface area contributed by atoms with E-state index in [4.69, 9.17) is 9.47 Å². The molecule has 3 aromatic rings. The van der Waals surface area contributed by atoms with E-state index in [-0.39, 0.29) is 30.8 Å². The van der Waals surface area contributed by atoms with Gasteiger partial charge in [0.1, 0.15) is 5.41 Å². The number of carbonyl (C=O) groups excluding carboxylic acids is 2. The van der Waals surface area contributed by atoms with Crippen LogP contribution < -0.4 is 4.90 Å². The van der Waals surface area contributed by atoms with E-state index >= 15 is 0 Å². The zero-order chi connectivity index (χ0) is 24.8. The van der Waals surface area contributed by atoms with Crippen LogP contribution in [0.5, 0.6) is 0 Å². The number of hydrogen-bond acceptors (Lipinski definition) is 5. The first-order chi connectivity index (χ1) is 17.5. The molecule has 0 aliphatic carbocycles. The van der Waals surface area contributed by atoms with Gasteiger partial charge in [-0.2, -0.15) is 0 Å². The maximum absolute atomic E-state index is 14.4. The maximum Gasteiger partial charge on any atom is 0.242 e. The highest BCUT2D eigenvalue weighted by Crippen LogP contribution is 2.54. The van der Waals surface area contributed by atoms with Gasteiger partial charge in [-0.05, 0) is 29.7 Å². The summed E-state index contributed by atoms with van der Waals surface area (Å²) >= 11 is 0. The van der Waals surface area contributed by atoms with E-state index in [0.29, 0.717) is 26.2 Å². The van der Waals surface area contributed by atoms with Gasteiger partial charge in [0.15, 0.2) is 5.79 Å². The van der Waals surface area contributed by atoms with Crippen molar-refractivity contribution in [2.45, 2.75) is 50.1 Å². The van der Waals surface area contributed by atoms with Crippen molar-refractivity contribution >= 4 is 17.5 Å². The van der Waals surface area contributed by atoms with Crippen molar-refractivity contribution in [3.8, 4) is 0 Å². The summed E-state index contributed by atoms with van der Waals surface area (Å²) in [5.41, 5.74) is 3.01. The maximum atomic E-state index is 14.4. The largest absolute Gasteiger partial charge is 0.362 e. The highest BCUT2D eigenvalue weighted by Gasteiger charge is 2.64. The topological polar surface area (TPSA) is 59.1 Å². The summed E-state index contributed by atoms with van der Waals surface area (Å²) in [7, 11) is 0. The lowest BCUT2D eigenvalue weighted by molar-refractivity contribution is -0.155. The second kappa shape index (κ2) is 8.87. The van der Waals surface area contributed by atoms with Crippen LogP contribution in [0.15, 0.2) is 84.9 Å². The number of nitrogens with zero attached hydrogens (tertiary/aromatic N) is 2. The number of para-hydroxylation sites is 1. The van der Waals surface area contributed by atoms with Crippen molar-refractivity contribution in [2.75, 3.05) is 18.1 Å². The summed E-state index contributed by atoms with van der Waals surface area (Å²) in [4.78, 5) is 31.6. The molecule has 184 valence electrons. The summed E-state index contributed by atoms with van der Waals surface area (Å²) in [6, 6.07) is 27.7. The van der Waals surface area contributed by atoms with Crippen molar-refractivity contribution < 1.29 is 19.1 Å². The van der Waals surface area contributed by atoms with Crippen LogP contribution in [0.2, 0.25) is 0 Å². The van der Waals surface area contributed by atoms with Gasteiger partial charge in [-0.3, -0.25) is 14.5 Å². The van der Waals surface area contributed by atoms with Gasteiger partial charge >= 0.3 is 0 Å². The van der Waals surface area contributed by atoms with Gasteiger partial charge in [0.25, 0.3) is 0 Å². The molecule has 3 aliphatic rings. The number of benzene rings is 3. The first kappa shape index (κ1) is 23.0. The fraction of sp³-hybridized carbons (Fsp3) is 0.333. The first-order valence-corrected chi connectivity index (χ1v) is 12.6. The summed E-state index contributed by atoms with van der Waals surface area (Å²) in [6.07, 6.45) is 0.619. The molecule has 6 heteroatoms. The standard InChI is InChI=1S/C30H30N2O4/c1-29(35-16-17-36-29)18-26-30(19-27(33)32(28(30)34)21-23-12-6-3-7-13-23)24-14-8-9-15-25(24)31(26)20-22-10-4-2-5-11-22/h2-15,26H,16-21H2,1H3/t26-,30-/m0/s1. The van der Waals surface area contributed by atoms with Gasteiger partial charge in [-0.25, -0.2) is 0 Å². The number of amides is 2. The van der Waals surface area contributed by atoms with Crippen LogP contribution in [0, 0.1) is 0 Å². The van der Waals surface area contributed by atoms with Crippen LogP contribution in [-0.4, -0.2) is 41.8 Å². The number of imide groups is 1. The number of ether oxygens (including phenoxy) is 2. The molecule has 2 amide bonds. The Labute approximate surface area is 211 Å². The van der Waals surface area contributed by atoms with Gasteiger partial charge in [0, 0.05) is 25.1 Å². The minimum Gasteiger partial charge on any atom is -0.362 e. The lowest BCUT2D eigenvalue weighted by Gasteiger charge is -2.39. The number of fused-ring (bicyclic) bond motifs is 2. The van der Waals surface area contributed by atoms with Gasteiger partial charge in [-0.1, -0.05) is 78.9 Å². The Morgan fingerprint density at radius 1 is 0.806 bits per heavy atom. The predicted octanol–water partition coefficient (Wildman–Crippen LogP) is 4.43. The molecule has 0 radical (unpaired) electrons. The van der Waals surface area contributed by atoms with E-state index < -0.39 is 11.2 Å². The molecule has 2 atom stereocenters. The Bertz CT molecular complexity index is 1270. The second-order valence-corrected chi connectivity index (χ2v) is 10.1. The van der Waals surface area contributed by atoms with Crippen molar-refractivity contribution in [2.24, 2.45) is 0 Å². The number of carbonyl (C=O) groups is 2. The van der Waals surface area contributed by atoms with E-state index in [1.54, 1.807) is 0 Å². The van der Waals surface area contributed by atoms with E-state index in [2.05, 4.69) is 23.1 Å². The van der Waals surface area contributed by atoms with Crippen LogP contribution in [0.4, 0.5) is 5.69 Å². The molecule has 1 spiro atoms. The molecular weight excluding hydrogens is 452 g/mol. The predicted molar refractivity (Wildman–Crippen MR) is 136 cm³/mol. The molecule has 6 nitrogen and oxygen atoms in total. The smallest absolute Gasteiger partial charge is 0.242 e. The Balaban J connectivity index is 1.45. The zero-order valence-electron chi connectivity index (χ0n) is 20.4. The van der Waals surface area contributed by atoms with Crippen molar-refractivity contribution in [1.82, 2.24) is 4.90 Å². The molecular formula is C30H30N2O4. The monoisotopic (exact) mass is 482 g/mol. The molecule has 36 heavy (non-hydrogen) atoms. The normalized spacial score (nSPS) is 24.6. The summed E-state index contributed by atoms with van der Waals surface area (Å²) in [5.74, 6) is -1.08. The third-order valence-corrected chi connectivity index (χ3v) is 7.84. The Hall–Kier alpha value is -3.48. The van der Waals surface area contributed by atoms with Crippen LogP contribution in [0.3, 0.4) is 0 Å². The van der Waals surface area contributed by atoms with Crippen LogP contribution in [0.1, 0.15) is 36.5 Å². The van der Waals surface area contributed by atoms with Gasteiger partial charge < -0.3 is 14.4 Å². The molecule has 3 aromatic carbocycles. The second-order valence-electron chi connectivity index (χ2n) is 10.1. The SMILES string of the molecule is CC1(C[C@@H]2N(Cc3ccccc3)c3ccccc3[C@@]23CC(=O)N(Cc2ccccc2)C3=O)OCCO1. The summed E-state index contributed by atoms with van der Waals surface area (Å²) < 4.78 is 12.1. The number of hydrogen-bond donors (Lipinski definition) is 0. The van der Waals surface area contributed by atoms with Gasteiger partial charge in [-0.15, -0.1) is 0 Å². The number of anilines is 1. The van der Waals surface area contributed by atoms with Gasteiger partial charge in [0.2, 0.25) is 11.8 Å². The quantitative estimate of drug-likeness (QED) is 0.487. The van der Waals surface area contributed by atoms with E-state index in [1.165, 1.54) is 4.90 Å². The molecule has 0 N–H and O–H groups in total. The van der Waals surface area contributed by atoms with E-state index in [9.17, 15) is 9.59 Å². The molecule has 0 unspecified atom stereocenters.